The van der Waals surface area contributed by atoms with Crippen LogP contribution in [0.4, 0.5) is 83.4 Å². The van der Waals surface area contributed by atoms with Gasteiger partial charge in [0, 0.05) is 0 Å². The largest absolute Gasteiger partial charge is 0.445 e. The first-order chi connectivity index (χ1) is 14.0. The minimum atomic E-state index is -8.63. The quantitative estimate of drug-likeness (QED) is 0.300. The molecular weight excluding hydrogens is 557 g/mol. The summed E-state index contributed by atoms with van der Waals surface area (Å²) >= 11 is 3.60. The fraction of sp³-hybridized carbons (Fsp3) is 1.00. The van der Waals surface area contributed by atoms with E-state index in [1.165, 1.54) is 0 Å². The van der Waals surface area contributed by atoms with E-state index in [1.54, 1.807) is 4.74 Å². The van der Waals surface area contributed by atoms with Crippen LogP contribution in [-0.2, 0) is 4.74 Å². The monoisotopic (exact) mass is 556 g/mol. The van der Waals surface area contributed by atoms with Crippen molar-refractivity contribution < 1.29 is 88.2 Å². The number of alkyl halides is 20. The van der Waals surface area contributed by atoms with Crippen molar-refractivity contribution in [3.8, 4) is 0 Å². The first kappa shape index (κ1) is 26.5. The van der Waals surface area contributed by atoms with E-state index in [4.69, 9.17) is 0 Å². The molecule has 0 aromatic heterocycles. The molecule has 0 aromatic rings. The van der Waals surface area contributed by atoms with Gasteiger partial charge in [0.2, 0.25) is 0 Å². The summed E-state index contributed by atoms with van der Waals surface area (Å²) in [5, 5.41) is 0. The van der Waals surface area contributed by atoms with Gasteiger partial charge in [-0.25, -0.2) is 26.7 Å². The Hall–Kier alpha value is -1.08. The molecule has 0 N–H and O–H groups in total. The minimum Gasteiger partial charge on any atom is -0.239 e. The van der Waals surface area contributed by atoms with E-state index in [1.807, 2.05) is 0 Å². The smallest absolute Gasteiger partial charge is 0.239 e. The van der Waals surface area contributed by atoms with Gasteiger partial charge in [0.05, 0.1) is 0 Å². The van der Waals surface area contributed by atoms with Crippen molar-refractivity contribution in [1.29, 1.82) is 0 Å². The van der Waals surface area contributed by atoms with Gasteiger partial charge >= 0.3 is 52.6 Å². The fourth-order valence-corrected chi connectivity index (χ4v) is 4.58. The molecule has 0 atom stereocenters. The predicted octanol–water partition coefficient (Wildman–Crippen LogP) is 6.14. The van der Waals surface area contributed by atoms with Crippen LogP contribution in [0.3, 0.4) is 0 Å². The lowest BCUT2D eigenvalue weighted by Crippen LogP contribution is -3.10. The summed E-state index contributed by atoms with van der Waals surface area (Å²) in [7, 11) is 0. The highest BCUT2D eigenvalue weighted by Gasteiger charge is 3.24. The molecule has 0 heterocycles. The van der Waals surface area contributed by atoms with Gasteiger partial charge in [0.15, 0.2) is 0 Å². The summed E-state index contributed by atoms with van der Waals surface area (Å²) in [6, 6.07) is 0. The van der Waals surface area contributed by atoms with Crippen LogP contribution < -0.4 is 0 Å². The Morgan fingerprint density at radius 1 is 0.424 bits per heavy atom. The lowest BCUT2D eigenvalue weighted by Gasteiger charge is -2.74. The van der Waals surface area contributed by atoms with Crippen LogP contribution in [0.2, 0.25) is 0 Å². The lowest BCUT2D eigenvalue weighted by molar-refractivity contribution is -0.617. The van der Waals surface area contributed by atoms with Crippen molar-refractivity contribution in [3.05, 3.63) is 0 Å². The highest BCUT2D eigenvalue weighted by atomic mass is 35.5. The molecule has 0 radical (unpaired) electrons. The van der Waals surface area contributed by atoms with Crippen LogP contribution in [0.25, 0.3) is 0 Å². The summed E-state index contributed by atoms with van der Waals surface area (Å²) in [5.74, 6) is -42.1. The van der Waals surface area contributed by atoms with Gasteiger partial charge in [0.1, 0.15) is 0 Å². The van der Waals surface area contributed by atoms with E-state index >= 15 is 4.39 Å². The Morgan fingerprint density at radius 2 is 0.636 bits per heavy atom. The van der Waals surface area contributed by atoms with E-state index in [2.05, 4.69) is 11.6 Å². The van der Waals surface area contributed by atoms with E-state index in [0.29, 0.717) is 0 Å². The molecule has 4 saturated carbocycles. The third kappa shape index (κ3) is 1.74. The molecule has 0 amide bonds. The Kier molecular flexibility index (Phi) is 4.30. The molecule has 0 aromatic carbocycles. The van der Waals surface area contributed by atoms with Gasteiger partial charge in [-0.1, -0.05) is 0 Å². The van der Waals surface area contributed by atoms with Gasteiger partial charge < -0.3 is 0 Å². The maximum Gasteiger partial charge on any atom is 0.445 e. The van der Waals surface area contributed by atoms with Crippen molar-refractivity contribution in [2.75, 3.05) is 0 Å². The predicted molar refractivity (Wildman–Crippen MR) is 60.8 cm³/mol. The van der Waals surface area contributed by atoms with Crippen molar-refractivity contribution in [2.24, 2.45) is 0 Å². The van der Waals surface area contributed by atoms with Gasteiger partial charge in [-0.2, -0.15) is 61.5 Å². The highest BCUT2D eigenvalue weighted by molar-refractivity contribution is 6.20. The number of rotatable bonds is 3. The normalized spacial score (nSPS) is 48.7. The zero-order valence-corrected chi connectivity index (χ0v) is 14.7. The number of hydrogen-bond acceptors (Lipinski definition) is 1. The topological polar surface area (TPSA) is 9.23 Å². The maximum atomic E-state index is 15.0. The maximum absolute atomic E-state index is 15.0. The number of halogens is 20. The molecule has 4 bridgehead atoms. The SMILES string of the molecule is FC(F)(Cl)OC(F)(F)C1(F)C2(F)C(F)(F)C3(F)C(F)(F)C(F)(C2(F)F)C(F)(F)C1(F)C3(F)F. The third-order valence-electron chi connectivity index (χ3n) is 5.92. The van der Waals surface area contributed by atoms with Crippen molar-refractivity contribution in [2.45, 2.75) is 69.6 Å². The zero-order valence-electron chi connectivity index (χ0n) is 14.0. The Labute approximate surface area is 170 Å². The van der Waals surface area contributed by atoms with Gasteiger partial charge in [-0.15, -0.1) is 0 Å². The molecule has 0 spiro atoms. The Morgan fingerprint density at radius 3 is 0.848 bits per heavy atom. The van der Waals surface area contributed by atoms with Crippen LogP contribution in [0, 0.1) is 0 Å². The van der Waals surface area contributed by atoms with Gasteiger partial charge in [-0.05, 0) is 11.6 Å². The second-order valence-corrected chi connectivity index (χ2v) is 7.67. The van der Waals surface area contributed by atoms with Crippen molar-refractivity contribution in [1.82, 2.24) is 0 Å². The van der Waals surface area contributed by atoms with E-state index in [9.17, 15) is 79.0 Å². The standard InChI is InChI=1S/C12ClF19O/c13-12(31,32)33-11(29,30)1(14)2(15)6(19,20)4(17)8(23,24)3(1,16)9(25,26)5(18,7(2,21)22)10(4,27)28. The lowest BCUT2D eigenvalue weighted by atomic mass is 9.37. The molecule has 33 heavy (non-hydrogen) atoms. The fourth-order valence-electron chi connectivity index (χ4n) is 4.48. The molecule has 4 rings (SSSR count). The van der Waals surface area contributed by atoms with Crippen LogP contribution in [0.15, 0.2) is 0 Å². The molecule has 4 aliphatic carbocycles. The van der Waals surface area contributed by atoms with Crippen LogP contribution in [0.5, 0.6) is 0 Å². The molecule has 4 aliphatic rings. The van der Waals surface area contributed by atoms with Crippen LogP contribution >= 0.6 is 11.6 Å². The Bertz CT molecular complexity index is 817. The summed E-state index contributed by atoms with van der Waals surface area (Å²) in [4.78, 5) is 0. The molecule has 4 fully saturated rings. The van der Waals surface area contributed by atoms with Crippen molar-refractivity contribution >= 4 is 11.6 Å². The highest BCUT2D eigenvalue weighted by Crippen LogP contribution is 2.90. The molecular formula is C12ClF19O. The van der Waals surface area contributed by atoms with E-state index in [-0.39, 0.29) is 0 Å². The average molecular weight is 557 g/mol. The zero-order chi connectivity index (χ0) is 26.7. The molecule has 194 valence electrons. The van der Waals surface area contributed by atoms with Gasteiger partial charge in [0.25, 0.3) is 17.0 Å². The second kappa shape index (κ2) is 5.35. The van der Waals surface area contributed by atoms with E-state index in [0.717, 1.165) is 0 Å². The molecule has 21 heteroatoms. The average Bonchev–Trinajstić information content (AvgIpc) is 2.58. The van der Waals surface area contributed by atoms with Gasteiger partial charge in [-0.3, -0.25) is 0 Å². The first-order valence-electron chi connectivity index (χ1n) is 7.44. The molecule has 0 aliphatic heterocycles. The second-order valence-electron chi connectivity index (χ2n) is 7.23. The van der Waals surface area contributed by atoms with Crippen LogP contribution in [-0.4, -0.2) is 69.6 Å². The summed E-state index contributed by atoms with van der Waals surface area (Å²) in [6.07, 6.45) is -8.11. The number of ether oxygens (including phenoxy) is 1. The molecule has 1 nitrogen and oxygen atoms in total. The molecule has 0 saturated heterocycles. The van der Waals surface area contributed by atoms with E-state index < -0.39 is 69.6 Å². The minimum absolute atomic E-state index is 1.65. The first-order valence-corrected chi connectivity index (χ1v) is 7.82. The number of hydrogen-bond donors (Lipinski definition) is 0. The third-order valence-corrected chi connectivity index (χ3v) is 6.00. The summed E-state index contributed by atoms with van der Waals surface area (Å²) in [5.41, 5.74) is -48.5. The van der Waals surface area contributed by atoms with Crippen molar-refractivity contribution in [3.63, 3.8) is 0 Å². The summed E-state index contributed by atoms with van der Waals surface area (Å²) < 4.78 is 270. The van der Waals surface area contributed by atoms with Crippen LogP contribution in [0.1, 0.15) is 0 Å². The Balaban J connectivity index is 2.70. The summed E-state index contributed by atoms with van der Waals surface area (Å²) in [6.45, 7) is 0. The molecule has 0 unspecified atom stereocenters.